The van der Waals surface area contributed by atoms with Crippen LogP contribution in [0.5, 0.6) is 0 Å². The van der Waals surface area contributed by atoms with E-state index in [2.05, 4.69) is 288 Å². The highest BCUT2D eigenvalue weighted by molar-refractivity contribution is 7.01. The van der Waals surface area contributed by atoms with Gasteiger partial charge in [0.1, 0.15) is 0 Å². The molecule has 0 aromatic heterocycles. The van der Waals surface area contributed by atoms with Crippen LogP contribution in [0.4, 0.5) is 0 Å². The van der Waals surface area contributed by atoms with Crippen LogP contribution >= 0.6 is 0 Å². The summed E-state index contributed by atoms with van der Waals surface area (Å²) in [6.07, 6.45) is 1.24. The highest BCUT2D eigenvalue weighted by atomic mass is 28.4. The van der Waals surface area contributed by atoms with Crippen molar-refractivity contribution in [2.24, 2.45) is 0 Å². The molecule has 0 aliphatic carbocycles. The summed E-state index contributed by atoms with van der Waals surface area (Å²) in [4.78, 5) is 62.5. The zero-order valence-corrected chi connectivity index (χ0v) is 70.5. The maximum atomic E-state index is 15.2. The van der Waals surface area contributed by atoms with Crippen molar-refractivity contribution >= 4 is 98.4 Å². The molecule has 4 atom stereocenters. The van der Waals surface area contributed by atoms with Gasteiger partial charge in [-0.3, -0.25) is 19.2 Å². The summed E-state index contributed by atoms with van der Waals surface area (Å²) in [7, 11) is -11.9. The number of amides is 4. The molecule has 0 aliphatic rings. The van der Waals surface area contributed by atoms with Crippen molar-refractivity contribution in [1.82, 2.24) is 20.4 Å². The minimum Gasteiger partial charge on any atom is -0.404 e. The maximum absolute atomic E-state index is 15.2. The number of rotatable bonds is 37. The SMILES string of the molecule is C[C@H](CC(=O)NCCCN(CCCCN(CCCNC(=O)C[C@@H](C)O[Si](c1ccccc1)(c1ccccc1)C(C)(C)C)C(=O)C[C@@H](C)O[Si](c1ccccc1)(c1ccccc1)C(C)(C)C)C(=O)C[C@@H](C)O[Si](c1ccccc1)(c1ccccc1)C(C)(C)C)O[Si](c1ccccc1)(c1ccccc1)C(C)(C)C. The fourth-order valence-electron chi connectivity index (χ4n) is 15.9. The predicted molar refractivity (Wildman–Crippen MR) is 449 cm³/mol. The summed E-state index contributed by atoms with van der Waals surface area (Å²) in [5.74, 6) is -0.288. The molecule has 12 nitrogen and oxygen atoms in total. The lowest BCUT2D eigenvalue weighted by atomic mass is 10.2. The number of hydrogen-bond donors (Lipinski definition) is 2. The number of hydrogen-bond acceptors (Lipinski definition) is 8. The van der Waals surface area contributed by atoms with Crippen LogP contribution in [-0.2, 0) is 36.9 Å². The first kappa shape index (κ1) is 84.0. The van der Waals surface area contributed by atoms with Crippen molar-refractivity contribution in [3.05, 3.63) is 243 Å². The van der Waals surface area contributed by atoms with Gasteiger partial charge in [-0.2, -0.15) is 0 Å². The average Bonchev–Trinajstić information content (AvgIpc) is 0.767. The Morgan fingerprint density at radius 3 is 0.632 bits per heavy atom. The Morgan fingerprint density at radius 2 is 0.453 bits per heavy atom. The van der Waals surface area contributed by atoms with Crippen molar-refractivity contribution < 1.29 is 36.9 Å². The van der Waals surface area contributed by atoms with Crippen molar-refractivity contribution in [2.75, 3.05) is 39.3 Å². The van der Waals surface area contributed by atoms with Crippen LogP contribution in [0.15, 0.2) is 243 Å². The number of nitrogens with zero attached hydrogens (tertiary/aromatic N) is 2. The molecule has 2 N–H and O–H groups in total. The van der Waals surface area contributed by atoms with Gasteiger partial charge < -0.3 is 38.1 Å². The molecule has 106 heavy (non-hydrogen) atoms. The van der Waals surface area contributed by atoms with Crippen molar-refractivity contribution in [3.8, 4) is 0 Å². The summed E-state index contributed by atoms with van der Waals surface area (Å²) >= 11 is 0. The lowest BCUT2D eigenvalue weighted by Gasteiger charge is -2.44. The summed E-state index contributed by atoms with van der Waals surface area (Å²) in [5.41, 5.74) is 0. The molecule has 0 aliphatic heterocycles. The first-order chi connectivity index (χ1) is 50.4. The van der Waals surface area contributed by atoms with Gasteiger partial charge in [-0.25, -0.2) is 0 Å². The van der Waals surface area contributed by atoms with Crippen molar-refractivity contribution in [2.45, 2.75) is 207 Å². The van der Waals surface area contributed by atoms with E-state index in [0.29, 0.717) is 65.0 Å². The molecular formula is C90H122N4O8Si4. The van der Waals surface area contributed by atoms with E-state index in [4.69, 9.17) is 17.7 Å². The van der Waals surface area contributed by atoms with E-state index in [-0.39, 0.29) is 81.7 Å². The molecule has 0 radical (unpaired) electrons. The fourth-order valence-corrected chi connectivity index (χ4v) is 34.7. The minimum absolute atomic E-state index is 0.0339. The monoisotopic (exact) mass is 1500 g/mol. The normalized spacial score (nSPS) is 13.8. The van der Waals surface area contributed by atoms with E-state index in [1.165, 1.54) is 0 Å². The van der Waals surface area contributed by atoms with Crippen LogP contribution in [0.2, 0.25) is 20.2 Å². The molecular weight excluding hydrogens is 1380 g/mol. The van der Waals surface area contributed by atoms with Gasteiger partial charge in [-0.05, 0) is 115 Å². The third-order valence-corrected chi connectivity index (χ3v) is 41.4. The van der Waals surface area contributed by atoms with Gasteiger partial charge in [0, 0.05) is 39.3 Å². The second-order valence-electron chi connectivity index (χ2n) is 33.1. The molecule has 0 unspecified atom stereocenters. The topological polar surface area (TPSA) is 136 Å². The molecule has 0 heterocycles. The zero-order valence-electron chi connectivity index (χ0n) is 66.5. The minimum atomic E-state index is -3.02. The molecule has 0 spiro atoms. The molecule has 16 heteroatoms. The van der Waals surface area contributed by atoms with Gasteiger partial charge in [0.2, 0.25) is 23.6 Å². The Balaban J connectivity index is 1.01. The standard InChI is InChI=1S/C90H122N4O8Si4/c1-71(99-103(87(5,6)7,75-45-25-17-26-46-75)76-47-27-18-28-48-76)67-83(95)91-61-43-65-93(85(97)69-73(3)101-105(89(11,12)13,79-53-33-21-34-54-79)80-55-35-22-36-56-80)63-41-42-64-94(86(98)70-74(4)102-106(90(14,15)16,81-57-37-23-38-58-81)82-59-39-24-40-60-82)66-44-62-92-84(96)68-72(2)100-104(88(8,9)10,77-49-29-19-30-50-77)78-51-31-20-32-52-78/h17-40,45-60,71-74H,41-44,61-70H2,1-16H3,(H,91,95)(H,92,96)/t71-,72-,73-,74-/m1/s1. The largest absolute Gasteiger partial charge is 0.404 e. The van der Waals surface area contributed by atoms with Gasteiger partial charge in [-0.15, -0.1) is 0 Å². The average molecular weight is 1500 g/mol. The number of carbonyl (C=O) groups excluding carboxylic acids is 4. The number of unbranched alkanes of at least 4 members (excludes halogenated alkanes) is 1. The van der Waals surface area contributed by atoms with Crippen LogP contribution in [0.3, 0.4) is 0 Å². The van der Waals surface area contributed by atoms with Gasteiger partial charge in [0.15, 0.2) is 0 Å². The molecule has 8 rings (SSSR count). The Bertz CT molecular complexity index is 3550. The maximum Gasteiger partial charge on any atom is 0.261 e. The number of nitrogens with one attached hydrogen (secondary N) is 2. The van der Waals surface area contributed by atoms with Gasteiger partial charge in [0.25, 0.3) is 33.3 Å². The smallest absolute Gasteiger partial charge is 0.261 e. The Kier molecular flexibility index (Phi) is 30.1. The van der Waals surface area contributed by atoms with Crippen molar-refractivity contribution in [1.29, 1.82) is 0 Å². The van der Waals surface area contributed by atoms with Crippen molar-refractivity contribution in [3.63, 3.8) is 0 Å². The fraction of sp³-hybridized carbons (Fsp3) is 0.422. The molecule has 0 fully saturated rings. The highest BCUT2D eigenvalue weighted by Gasteiger charge is 2.55. The molecule has 8 aromatic carbocycles. The van der Waals surface area contributed by atoms with Gasteiger partial charge >= 0.3 is 0 Å². The first-order valence-corrected chi connectivity index (χ1v) is 46.3. The Labute approximate surface area is 640 Å². The third-order valence-electron chi connectivity index (χ3n) is 20.7. The van der Waals surface area contributed by atoms with E-state index in [9.17, 15) is 9.59 Å². The van der Waals surface area contributed by atoms with Crippen LogP contribution in [0, 0.1) is 0 Å². The number of benzene rings is 8. The third kappa shape index (κ3) is 20.8. The molecule has 4 amide bonds. The number of carbonyl (C=O) groups is 4. The van der Waals surface area contributed by atoms with Gasteiger partial charge in [-0.1, -0.05) is 326 Å². The van der Waals surface area contributed by atoms with Crippen LogP contribution in [0.1, 0.15) is 162 Å². The van der Waals surface area contributed by atoms with E-state index in [1.54, 1.807) is 0 Å². The molecule has 0 bridgehead atoms. The first-order valence-electron chi connectivity index (χ1n) is 38.6. The predicted octanol–water partition coefficient (Wildman–Crippen LogP) is 13.9. The van der Waals surface area contributed by atoms with E-state index < -0.39 is 45.5 Å². The van der Waals surface area contributed by atoms with E-state index in [1.807, 2.05) is 86.0 Å². The molecule has 566 valence electrons. The lowest BCUT2D eigenvalue weighted by molar-refractivity contribution is -0.134. The molecule has 0 saturated carbocycles. The van der Waals surface area contributed by atoms with Gasteiger partial charge in [0.05, 0.1) is 50.1 Å². The summed E-state index contributed by atoms with van der Waals surface area (Å²) in [5, 5.41) is 14.5. The Morgan fingerprint density at radius 1 is 0.283 bits per heavy atom. The zero-order chi connectivity index (χ0) is 76.8. The molecule has 0 saturated heterocycles. The lowest BCUT2D eigenvalue weighted by Crippen LogP contribution is -2.67. The second-order valence-corrected chi connectivity index (χ2v) is 50.1. The van der Waals surface area contributed by atoms with E-state index in [0.717, 1.165) is 41.5 Å². The van der Waals surface area contributed by atoms with Crippen LogP contribution in [0.25, 0.3) is 0 Å². The highest BCUT2D eigenvalue weighted by Crippen LogP contribution is 2.42. The van der Waals surface area contributed by atoms with Crippen LogP contribution < -0.4 is 52.1 Å². The van der Waals surface area contributed by atoms with Crippen LogP contribution in [-0.4, -0.2) is 130 Å². The molecule has 8 aromatic rings. The summed E-state index contributed by atoms with van der Waals surface area (Å²) in [6.45, 7) is 37.4. The summed E-state index contributed by atoms with van der Waals surface area (Å²) in [6, 6.07) is 84.1. The second kappa shape index (κ2) is 37.9. The summed E-state index contributed by atoms with van der Waals surface area (Å²) < 4.78 is 29.6. The Hall–Kier alpha value is -7.65. The quantitative estimate of drug-likeness (QED) is 0.0290. The van der Waals surface area contributed by atoms with E-state index >= 15 is 9.59 Å².